The van der Waals surface area contributed by atoms with E-state index in [-0.39, 0.29) is 11.3 Å². The van der Waals surface area contributed by atoms with Gasteiger partial charge in [-0.15, -0.1) is 0 Å². The summed E-state index contributed by atoms with van der Waals surface area (Å²) in [5, 5.41) is 7.59. The summed E-state index contributed by atoms with van der Waals surface area (Å²) in [6, 6.07) is 13.8. The Bertz CT molecular complexity index is 1090. The number of aryl methyl sites for hydroxylation is 1. The van der Waals surface area contributed by atoms with Crippen molar-refractivity contribution in [3.8, 4) is 0 Å². The molecular weight excluding hydrogens is 426 g/mol. The van der Waals surface area contributed by atoms with Crippen LogP contribution in [0, 0.1) is 0 Å². The highest BCUT2D eigenvalue weighted by Gasteiger charge is 2.19. The maximum absolute atomic E-state index is 12.5. The molecule has 0 spiro atoms. The third-order valence-corrected chi connectivity index (χ3v) is 4.43. The minimum Gasteiger partial charge on any atom is -0.451 e. The molecule has 1 aromatic heterocycles. The van der Waals surface area contributed by atoms with E-state index in [2.05, 4.69) is 26.3 Å². The summed E-state index contributed by atoms with van der Waals surface area (Å²) in [5.41, 5.74) is 0.329. The lowest BCUT2D eigenvalue weighted by atomic mass is 10.1. The van der Waals surface area contributed by atoms with Gasteiger partial charge in [0, 0.05) is 22.1 Å². The van der Waals surface area contributed by atoms with Crippen LogP contribution in [0.1, 0.15) is 23.8 Å². The zero-order valence-corrected chi connectivity index (χ0v) is 16.7. The molecule has 0 radical (unpaired) electrons. The average Bonchev–Trinajstić information content (AvgIpc) is 2.68. The van der Waals surface area contributed by atoms with Crippen LogP contribution in [0.4, 0.5) is 5.69 Å². The predicted octanol–water partition coefficient (Wildman–Crippen LogP) is 3.36. The van der Waals surface area contributed by atoms with Crippen LogP contribution < -0.4 is 10.9 Å². The Morgan fingerprint density at radius 1 is 1.14 bits per heavy atom. The molecule has 7 nitrogen and oxygen atoms in total. The van der Waals surface area contributed by atoms with Gasteiger partial charge in [0.2, 0.25) is 0 Å². The first-order valence-corrected chi connectivity index (χ1v) is 9.51. The first-order valence-electron chi connectivity index (χ1n) is 8.72. The quantitative estimate of drug-likeness (QED) is 0.589. The summed E-state index contributed by atoms with van der Waals surface area (Å²) in [6.07, 6.45) is 0.689. The molecule has 1 N–H and O–H groups in total. The fraction of sp³-hybridized carbons (Fsp3) is 0.200. The molecule has 0 fully saturated rings. The molecule has 0 aliphatic heterocycles. The fourth-order valence-corrected chi connectivity index (χ4v) is 3.11. The van der Waals surface area contributed by atoms with Crippen LogP contribution in [0.25, 0.3) is 10.8 Å². The molecule has 0 unspecified atom stereocenters. The summed E-state index contributed by atoms with van der Waals surface area (Å²) in [4.78, 5) is 37.1. The summed E-state index contributed by atoms with van der Waals surface area (Å²) < 4.78 is 7.20. The number of hydrogen-bond acceptors (Lipinski definition) is 5. The van der Waals surface area contributed by atoms with Crippen molar-refractivity contribution in [3.05, 3.63) is 69.1 Å². The number of fused-ring (bicyclic) bond motifs is 1. The minimum atomic E-state index is -0.759. The molecule has 0 aliphatic rings. The van der Waals surface area contributed by atoms with Gasteiger partial charge in [0.1, 0.15) is 0 Å². The van der Waals surface area contributed by atoms with Crippen LogP contribution in [-0.2, 0) is 16.1 Å². The maximum Gasteiger partial charge on any atom is 0.359 e. The number of amides is 1. The third-order valence-electron chi connectivity index (χ3n) is 3.94. The summed E-state index contributed by atoms with van der Waals surface area (Å²) in [6.45, 7) is 1.83. The van der Waals surface area contributed by atoms with Gasteiger partial charge >= 0.3 is 5.97 Å². The highest BCUT2D eigenvalue weighted by molar-refractivity contribution is 9.10. The van der Waals surface area contributed by atoms with Gasteiger partial charge in [-0.05, 0) is 30.7 Å². The minimum absolute atomic E-state index is 0.0129. The molecule has 3 aromatic rings. The summed E-state index contributed by atoms with van der Waals surface area (Å²) >= 11 is 3.32. The molecule has 1 amide bonds. The van der Waals surface area contributed by atoms with Crippen molar-refractivity contribution in [2.75, 3.05) is 11.9 Å². The number of anilines is 1. The highest BCUT2D eigenvalue weighted by Crippen LogP contribution is 2.16. The van der Waals surface area contributed by atoms with E-state index < -0.39 is 18.5 Å². The fourth-order valence-electron chi connectivity index (χ4n) is 2.71. The Morgan fingerprint density at radius 2 is 1.89 bits per heavy atom. The number of esters is 1. The van der Waals surface area contributed by atoms with Gasteiger partial charge in [-0.25, -0.2) is 9.48 Å². The van der Waals surface area contributed by atoms with Crippen LogP contribution in [0.2, 0.25) is 0 Å². The van der Waals surface area contributed by atoms with Crippen molar-refractivity contribution < 1.29 is 14.3 Å². The SMILES string of the molecule is CCCn1nc(C(=O)OCC(=O)Nc2cccc(Br)c2)c2ccccc2c1=O. The number of rotatable bonds is 6. The van der Waals surface area contributed by atoms with Crippen molar-refractivity contribution in [2.45, 2.75) is 19.9 Å². The van der Waals surface area contributed by atoms with Crippen molar-refractivity contribution >= 4 is 44.3 Å². The monoisotopic (exact) mass is 443 g/mol. The van der Waals surface area contributed by atoms with Gasteiger partial charge in [-0.3, -0.25) is 9.59 Å². The van der Waals surface area contributed by atoms with Gasteiger partial charge in [0.25, 0.3) is 11.5 Å². The number of nitrogens with one attached hydrogen (secondary N) is 1. The number of hydrogen-bond donors (Lipinski definition) is 1. The van der Waals surface area contributed by atoms with Crippen LogP contribution >= 0.6 is 15.9 Å². The van der Waals surface area contributed by atoms with E-state index in [1.807, 2.05) is 13.0 Å². The number of ether oxygens (including phenoxy) is 1. The molecule has 0 saturated heterocycles. The second kappa shape index (κ2) is 8.79. The standard InChI is InChI=1S/C20H18BrN3O4/c1-2-10-24-19(26)16-9-4-3-8-15(16)18(23-24)20(27)28-12-17(25)22-14-7-5-6-13(21)11-14/h3-9,11H,2,10,12H2,1H3,(H,22,25). The number of carbonyl (C=O) groups is 2. The topological polar surface area (TPSA) is 90.3 Å². The van der Waals surface area contributed by atoms with Crippen LogP contribution in [0.15, 0.2) is 57.8 Å². The average molecular weight is 444 g/mol. The molecule has 0 aliphatic carbocycles. The predicted molar refractivity (Wildman–Crippen MR) is 109 cm³/mol. The van der Waals surface area contributed by atoms with Crippen molar-refractivity contribution in [2.24, 2.45) is 0 Å². The first-order chi connectivity index (χ1) is 13.5. The summed E-state index contributed by atoms with van der Waals surface area (Å²) in [5.74, 6) is -1.23. The zero-order chi connectivity index (χ0) is 20.1. The Hall–Kier alpha value is -3.00. The lowest BCUT2D eigenvalue weighted by molar-refractivity contribution is -0.119. The van der Waals surface area contributed by atoms with Gasteiger partial charge in [-0.1, -0.05) is 47.1 Å². The van der Waals surface area contributed by atoms with E-state index in [9.17, 15) is 14.4 Å². The van der Waals surface area contributed by atoms with E-state index in [0.717, 1.165) is 4.47 Å². The van der Waals surface area contributed by atoms with Gasteiger partial charge in [-0.2, -0.15) is 5.10 Å². The highest BCUT2D eigenvalue weighted by atomic mass is 79.9. The van der Waals surface area contributed by atoms with Gasteiger partial charge < -0.3 is 10.1 Å². The van der Waals surface area contributed by atoms with Crippen LogP contribution in [0.3, 0.4) is 0 Å². The number of carbonyl (C=O) groups excluding carboxylic acids is 2. The number of halogens is 1. The number of aromatic nitrogens is 2. The molecule has 0 atom stereocenters. The van der Waals surface area contributed by atoms with E-state index in [1.165, 1.54) is 4.68 Å². The molecule has 2 aromatic carbocycles. The van der Waals surface area contributed by atoms with E-state index in [0.29, 0.717) is 29.4 Å². The summed E-state index contributed by atoms with van der Waals surface area (Å²) in [7, 11) is 0. The molecule has 0 bridgehead atoms. The molecule has 0 saturated carbocycles. The van der Waals surface area contributed by atoms with Gasteiger partial charge in [0.05, 0.1) is 5.39 Å². The number of nitrogens with zero attached hydrogens (tertiary/aromatic N) is 2. The zero-order valence-electron chi connectivity index (χ0n) is 15.1. The van der Waals surface area contributed by atoms with Crippen molar-refractivity contribution in [3.63, 3.8) is 0 Å². The van der Waals surface area contributed by atoms with Crippen LogP contribution in [-0.4, -0.2) is 28.3 Å². The third kappa shape index (κ3) is 4.45. The molecule has 144 valence electrons. The lowest BCUT2D eigenvalue weighted by Crippen LogP contribution is -2.27. The molecule has 1 heterocycles. The molecule has 28 heavy (non-hydrogen) atoms. The van der Waals surface area contributed by atoms with Crippen molar-refractivity contribution in [1.82, 2.24) is 9.78 Å². The first kappa shape index (κ1) is 19.8. The largest absolute Gasteiger partial charge is 0.451 e. The Morgan fingerprint density at radius 3 is 2.61 bits per heavy atom. The van der Waals surface area contributed by atoms with E-state index in [1.54, 1.807) is 42.5 Å². The van der Waals surface area contributed by atoms with Crippen molar-refractivity contribution in [1.29, 1.82) is 0 Å². The smallest absolute Gasteiger partial charge is 0.359 e. The van der Waals surface area contributed by atoms with E-state index >= 15 is 0 Å². The van der Waals surface area contributed by atoms with Crippen LogP contribution in [0.5, 0.6) is 0 Å². The molecule has 8 heteroatoms. The van der Waals surface area contributed by atoms with Gasteiger partial charge in [0.15, 0.2) is 12.3 Å². The Kier molecular flexibility index (Phi) is 6.20. The normalized spacial score (nSPS) is 10.6. The lowest BCUT2D eigenvalue weighted by Gasteiger charge is -2.10. The van der Waals surface area contributed by atoms with E-state index in [4.69, 9.17) is 4.74 Å². The maximum atomic E-state index is 12.5. The molecule has 3 rings (SSSR count). The second-order valence-electron chi connectivity index (χ2n) is 6.06. The Labute approximate surface area is 169 Å². The number of benzene rings is 2. The molecular formula is C20H18BrN3O4. The second-order valence-corrected chi connectivity index (χ2v) is 6.97. The Balaban J connectivity index is 1.78.